The lowest BCUT2D eigenvalue weighted by Crippen LogP contribution is -2.38. The lowest BCUT2D eigenvalue weighted by Gasteiger charge is -2.25. The molecule has 1 atom stereocenters. The van der Waals surface area contributed by atoms with E-state index in [4.69, 9.17) is 4.74 Å². The highest BCUT2D eigenvalue weighted by atomic mass is 32.2. The van der Waals surface area contributed by atoms with E-state index in [1.807, 2.05) is 6.07 Å². The van der Waals surface area contributed by atoms with Gasteiger partial charge in [-0.2, -0.15) is 4.31 Å². The van der Waals surface area contributed by atoms with Crippen molar-refractivity contribution in [3.05, 3.63) is 30.6 Å². The van der Waals surface area contributed by atoms with Gasteiger partial charge in [-0.3, -0.25) is 4.98 Å². The second-order valence-electron chi connectivity index (χ2n) is 6.56. The average molecular weight is 363 g/mol. The van der Waals surface area contributed by atoms with Crippen molar-refractivity contribution in [2.75, 3.05) is 33.3 Å². The van der Waals surface area contributed by atoms with Crippen LogP contribution in [0.1, 0.15) is 19.8 Å². The van der Waals surface area contributed by atoms with Crippen LogP contribution in [0.3, 0.4) is 0 Å². The summed E-state index contributed by atoms with van der Waals surface area (Å²) < 4.78 is 33.8. The highest BCUT2D eigenvalue weighted by Gasteiger charge is 2.29. The molecule has 1 N–H and O–H groups in total. The highest BCUT2D eigenvalue weighted by Crippen LogP contribution is 2.32. The summed E-state index contributed by atoms with van der Waals surface area (Å²) in [5, 5.41) is 4.68. The third-order valence-corrected chi connectivity index (χ3v) is 6.56. The predicted octanol–water partition coefficient (Wildman–Crippen LogP) is 2.25. The number of fused-ring (bicyclic) bond motifs is 1. The summed E-state index contributed by atoms with van der Waals surface area (Å²) in [5.41, 5.74) is 0. The van der Waals surface area contributed by atoms with E-state index in [2.05, 4.69) is 17.2 Å². The molecule has 0 radical (unpaired) electrons. The molecule has 0 amide bonds. The summed E-state index contributed by atoms with van der Waals surface area (Å²) >= 11 is 0. The summed E-state index contributed by atoms with van der Waals surface area (Å²) in [6.07, 6.45) is 5.31. The van der Waals surface area contributed by atoms with Crippen LogP contribution in [0.15, 0.2) is 35.5 Å². The molecule has 0 spiro atoms. The summed E-state index contributed by atoms with van der Waals surface area (Å²) in [6.45, 7) is 4.72. The van der Waals surface area contributed by atoms with Gasteiger partial charge in [-0.15, -0.1) is 0 Å². The first-order valence-corrected chi connectivity index (χ1v) is 10.1. The van der Waals surface area contributed by atoms with Crippen LogP contribution in [0.2, 0.25) is 0 Å². The van der Waals surface area contributed by atoms with Crippen LogP contribution in [0.4, 0.5) is 0 Å². The van der Waals surface area contributed by atoms with Crippen LogP contribution in [0, 0.1) is 5.92 Å². The Hall–Kier alpha value is -1.70. The first-order valence-electron chi connectivity index (χ1n) is 8.65. The van der Waals surface area contributed by atoms with E-state index < -0.39 is 10.0 Å². The Morgan fingerprint density at radius 3 is 2.92 bits per heavy atom. The molecule has 3 rings (SSSR count). The summed E-state index contributed by atoms with van der Waals surface area (Å²) in [6, 6.07) is 5.27. The van der Waals surface area contributed by atoms with Gasteiger partial charge >= 0.3 is 0 Å². The molecule has 1 saturated heterocycles. The molecule has 25 heavy (non-hydrogen) atoms. The van der Waals surface area contributed by atoms with Crippen molar-refractivity contribution in [1.82, 2.24) is 14.6 Å². The van der Waals surface area contributed by atoms with E-state index in [1.54, 1.807) is 28.8 Å². The zero-order chi connectivity index (χ0) is 17.9. The van der Waals surface area contributed by atoms with Gasteiger partial charge in [-0.05, 0) is 31.4 Å². The van der Waals surface area contributed by atoms with E-state index >= 15 is 0 Å². The third-order valence-electron chi connectivity index (χ3n) is 4.65. The van der Waals surface area contributed by atoms with Crippen molar-refractivity contribution in [2.45, 2.75) is 24.7 Å². The molecule has 1 aliphatic rings. The molecule has 1 aromatic heterocycles. The van der Waals surface area contributed by atoms with Crippen LogP contribution in [0.5, 0.6) is 5.75 Å². The summed E-state index contributed by atoms with van der Waals surface area (Å²) in [5.74, 6) is 0.806. The van der Waals surface area contributed by atoms with Gasteiger partial charge in [0.1, 0.15) is 5.75 Å². The van der Waals surface area contributed by atoms with Crippen LogP contribution < -0.4 is 10.1 Å². The highest BCUT2D eigenvalue weighted by molar-refractivity contribution is 7.89. The molecule has 1 fully saturated rings. The smallest absolute Gasteiger partial charge is 0.243 e. The second kappa shape index (κ2) is 7.68. The number of methoxy groups -OCH3 is 1. The zero-order valence-corrected chi connectivity index (χ0v) is 15.6. The van der Waals surface area contributed by atoms with E-state index in [9.17, 15) is 8.42 Å². The largest absolute Gasteiger partial charge is 0.494 e. The van der Waals surface area contributed by atoms with Gasteiger partial charge in [-0.1, -0.05) is 19.1 Å². The molecule has 0 saturated carbocycles. The molecule has 136 valence electrons. The number of nitrogens with one attached hydrogen (secondary N) is 1. The Kier molecular flexibility index (Phi) is 5.56. The monoisotopic (exact) mass is 363 g/mol. The maximum atomic E-state index is 13.4. The SMILES string of the molecule is COc1cncc2cccc(S(=O)(=O)N3CCNCCC[C@@H](C)C3)c12. The van der Waals surface area contributed by atoms with Gasteiger partial charge in [0.15, 0.2) is 0 Å². The van der Waals surface area contributed by atoms with Crippen molar-refractivity contribution < 1.29 is 13.2 Å². The normalized spacial score (nSPS) is 20.6. The van der Waals surface area contributed by atoms with Crippen LogP contribution >= 0.6 is 0 Å². The van der Waals surface area contributed by atoms with E-state index in [0.29, 0.717) is 36.7 Å². The molecule has 6 nitrogen and oxygen atoms in total. The molecule has 2 aromatic rings. The number of hydrogen-bond donors (Lipinski definition) is 1. The van der Waals surface area contributed by atoms with Gasteiger partial charge in [0.25, 0.3) is 0 Å². The Morgan fingerprint density at radius 1 is 1.28 bits per heavy atom. The maximum Gasteiger partial charge on any atom is 0.243 e. The van der Waals surface area contributed by atoms with Gasteiger partial charge in [0, 0.05) is 36.6 Å². The fourth-order valence-electron chi connectivity index (χ4n) is 3.33. The number of aromatic nitrogens is 1. The first kappa shape index (κ1) is 18.1. The quantitative estimate of drug-likeness (QED) is 0.906. The Bertz CT molecular complexity index is 833. The minimum Gasteiger partial charge on any atom is -0.494 e. The number of sulfonamides is 1. The van der Waals surface area contributed by atoms with Gasteiger partial charge in [0.05, 0.1) is 18.2 Å². The second-order valence-corrected chi connectivity index (χ2v) is 8.46. The topological polar surface area (TPSA) is 71.5 Å². The van der Waals surface area contributed by atoms with Gasteiger partial charge in [-0.25, -0.2) is 8.42 Å². The molecule has 1 aromatic carbocycles. The summed E-state index contributed by atoms with van der Waals surface area (Å²) in [4.78, 5) is 4.42. The van der Waals surface area contributed by atoms with E-state index in [0.717, 1.165) is 24.8 Å². The predicted molar refractivity (Wildman–Crippen MR) is 98.3 cm³/mol. The molecule has 0 aliphatic carbocycles. The fourth-order valence-corrected chi connectivity index (χ4v) is 5.12. The number of nitrogens with zero attached hydrogens (tertiary/aromatic N) is 2. The van der Waals surface area contributed by atoms with Crippen LogP contribution in [-0.2, 0) is 10.0 Å². The van der Waals surface area contributed by atoms with E-state index in [1.165, 1.54) is 7.11 Å². The Labute approximate surface area is 149 Å². The molecular formula is C18H25N3O3S. The Morgan fingerprint density at radius 2 is 2.12 bits per heavy atom. The van der Waals surface area contributed by atoms with Crippen LogP contribution in [0.25, 0.3) is 10.8 Å². The molecule has 0 bridgehead atoms. The number of benzene rings is 1. The molecule has 1 aliphatic heterocycles. The standard InChI is InChI=1S/C18H25N3O3S/c1-14-5-4-8-19-9-10-21(13-14)25(22,23)17-7-3-6-15-11-20-12-16(24-2)18(15)17/h3,6-7,11-12,14,19H,4-5,8-10,13H2,1-2H3/t14-/m1/s1. The van der Waals surface area contributed by atoms with Crippen molar-refractivity contribution >= 4 is 20.8 Å². The number of rotatable bonds is 3. The number of hydrogen-bond acceptors (Lipinski definition) is 5. The number of ether oxygens (including phenoxy) is 1. The lowest BCUT2D eigenvalue weighted by atomic mass is 10.1. The first-order chi connectivity index (χ1) is 12.0. The fraction of sp³-hybridized carbons (Fsp3) is 0.500. The minimum atomic E-state index is -3.62. The van der Waals surface area contributed by atoms with Crippen molar-refractivity contribution in [3.8, 4) is 5.75 Å². The van der Waals surface area contributed by atoms with Gasteiger partial charge in [0.2, 0.25) is 10.0 Å². The maximum absolute atomic E-state index is 13.4. The van der Waals surface area contributed by atoms with Crippen LogP contribution in [-0.4, -0.2) is 51.0 Å². The summed E-state index contributed by atoms with van der Waals surface area (Å²) in [7, 11) is -2.09. The lowest BCUT2D eigenvalue weighted by molar-refractivity contribution is 0.354. The third kappa shape index (κ3) is 3.78. The van der Waals surface area contributed by atoms with Crippen molar-refractivity contribution in [3.63, 3.8) is 0 Å². The van der Waals surface area contributed by atoms with Crippen molar-refractivity contribution in [2.24, 2.45) is 5.92 Å². The molecular weight excluding hydrogens is 338 g/mol. The number of pyridine rings is 1. The van der Waals surface area contributed by atoms with E-state index in [-0.39, 0.29) is 4.90 Å². The van der Waals surface area contributed by atoms with Crippen molar-refractivity contribution in [1.29, 1.82) is 0 Å². The Balaban J connectivity index is 2.08. The van der Waals surface area contributed by atoms with Gasteiger partial charge < -0.3 is 10.1 Å². The molecule has 0 unspecified atom stereocenters. The molecule has 7 heteroatoms. The average Bonchev–Trinajstić information content (AvgIpc) is 2.72. The minimum absolute atomic E-state index is 0.288. The zero-order valence-electron chi connectivity index (χ0n) is 14.7. The molecule has 2 heterocycles.